The van der Waals surface area contributed by atoms with Gasteiger partial charge in [0.2, 0.25) is 5.91 Å². The number of hydrogen-bond donors (Lipinski definition) is 3. The molecule has 0 saturated carbocycles. The fourth-order valence-electron chi connectivity index (χ4n) is 0.895. The highest BCUT2D eigenvalue weighted by Crippen LogP contribution is 2.00. The van der Waals surface area contributed by atoms with E-state index in [4.69, 9.17) is 15.8 Å². The Labute approximate surface area is 73.9 Å². The van der Waals surface area contributed by atoms with E-state index in [1.807, 2.05) is 0 Å². The average Bonchev–Trinajstić information content (AvgIpc) is 2.04. The second-order valence-electron chi connectivity index (χ2n) is 2.47. The van der Waals surface area contributed by atoms with Crippen LogP contribution in [-0.4, -0.2) is 23.1 Å². The van der Waals surface area contributed by atoms with Gasteiger partial charge in [-0.15, -0.1) is 0 Å². The number of primary amides is 1. The van der Waals surface area contributed by atoms with Gasteiger partial charge in [0.25, 0.3) is 0 Å². The van der Waals surface area contributed by atoms with Gasteiger partial charge in [-0.1, -0.05) is 0 Å². The summed E-state index contributed by atoms with van der Waals surface area (Å²) in [7, 11) is -1.95. The van der Waals surface area contributed by atoms with Crippen molar-refractivity contribution < 1.29 is 19.2 Å². The molecule has 13 heavy (non-hydrogen) atoms. The van der Waals surface area contributed by atoms with E-state index in [9.17, 15) is 9.18 Å². The molecule has 0 unspecified atom stereocenters. The molecule has 0 saturated heterocycles. The molecule has 0 aliphatic rings. The lowest BCUT2D eigenvalue weighted by molar-refractivity contribution is 0.100. The molecular weight excluding hydrogens is 176 g/mol. The van der Waals surface area contributed by atoms with Crippen molar-refractivity contribution >= 4 is 18.5 Å². The molecule has 0 spiro atoms. The lowest BCUT2D eigenvalue weighted by Crippen LogP contribution is -2.33. The maximum Gasteiger partial charge on any atom is 0.491 e. The van der Waals surface area contributed by atoms with Crippen LogP contribution < -0.4 is 11.2 Å². The van der Waals surface area contributed by atoms with Crippen molar-refractivity contribution in [3.8, 4) is 0 Å². The van der Waals surface area contributed by atoms with Gasteiger partial charge in [0.15, 0.2) is 0 Å². The molecule has 4 N–H and O–H groups in total. The minimum absolute atomic E-state index is 0.0319. The van der Waals surface area contributed by atoms with Gasteiger partial charge in [-0.2, -0.15) is 0 Å². The molecule has 1 aromatic carbocycles. The largest absolute Gasteiger partial charge is 0.491 e. The van der Waals surface area contributed by atoms with Gasteiger partial charge in [-0.3, -0.25) is 4.79 Å². The molecule has 68 valence electrons. The van der Waals surface area contributed by atoms with Gasteiger partial charge in [0, 0.05) is 11.0 Å². The summed E-state index contributed by atoms with van der Waals surface area (Å²) in [6.45, 7) is 0. The highest BCUT2D eigenvalue weighted by atomic mass is 19.1. The predicted molar refractivity (Wildman–Crippen MR) is 44.7 cm³/mol. The first kappa shape index (κ1) is 9.69. The second-order valence-corrected chi connectivity index (χ2v) is 2.47. The molecule has 0 aliphatic carbocycles. The minimum Gasteiger partial charge on any atom is -0.423 e. The van der Waals surface area contributed by atoms with Gasteiger partial charge in [0.1, 0.15) is 5.82 Å². The van der Waals surface area contributed by atoms with Crippen molar-refractivity contribution in [3.63, 3.8) is 0 Å². The Morgan fingerprint density at radius 2 is 2.08 bits per heavy atom. The molecule has 0 heterocycles. The topological polar surface area (TPSA) is 83.6 Å². The third-order valence-electron chi connectivity index (χ3n) is 1.56. The summed E-state index contributed by atoms with van der Waals surface area (Å²) in [5, 5.41) is 17.3. The van der Waals surface area contributed by atoms with Gasteiger partial charge >= 0.3 is 7.12 Å². The zero-order valence-corrected chi connectivity index (χ0v) is 6.57. The number of hydrogen-bond acceptors (Lipinski definition) is 3. The zero-order valence-electron chi connectivity index (χ0n) is 6.57. The molecule has 0 aliphatic heterocycles. The van der Waals surface area contributed by atoms with Crippen molar-refractivity contribution in [1.29, 1.82) is 0 Å². The number of carbonyl (C=O) groups is 1. The van der Waals surface area contributed by atoms with Crippen LogP contribution in [0.15, 0.2) is 18.2 Å². The summed E-state index contributed by atoms with van der Waals surface area (Å²) in [6, 6.07) is 3.13. The van der Waals surface area contributed by atoms with Crippen LogP contribution in [0, 0.1) is 5.82 Å². The van der Waals surface area contributed by atoms with Gasteiger partial charge < -0.3 is 15.8 Å². The van der Waals surface area contributed by atoms with Crippen LogP contribution in [0.2, 0.25) is 0 Å². The molecular formula is C7H7BFNO3. The predicted octanol–water partition coefficient (Wildman–Crippen LogP) is -1.40. The lowest BCUT2D eigenvalue weighted by Gasteiger charge is -2.02. The molecule has 0 atom stereocenters. The first-order valence-corrected chi connectivity index (χ1v) is 3.47. The minimum atomic E-state index is -1.95. The van der Waals surface area contributed by atoms with E-state index in [0.717, 1.165) is 12.1 Å². The first-order valence-electron chi connectivity index (χ1n) is 3.47. The molecule has 0 aromatic heterocycles. The van der Waals surface area contributed by atoms with Gasteiger partial charge in [-0.05, 0) is 18.2 Å². The molecule has 1 rings (SSSR count). The van der Waals surface area contributed by atoms with E-state index < -0.39 is 18.8 Å². The second kappa shape index (κ2) is 3.55. The Balaban J connectivity index is 3.19. The van der Waals surface area contributed by atoms with Crippen LogP contribution in [0.3, 0.4) is 0 Å². The molecule has 4 nitrogen and oxygen atoms in total. The number of halogens is 1. The highest BCUT2D eigenvalue weighted by Gasteiger charge is 2.17. The Bertz CT molecular complexity index is 343. The standard InChI is InChI=1S/C7H7BFNO3/c9-6-2-1-4(7(10)11)3-5(6)8(12)13/h1-3,12-13H,(H2,10,11). The monoisotopic (exact) mass is 183 g/mol. The van der Waals surface area contributed by atoms with E-state index in [1.54, 1.807) is 0 Å². The van der Waals surface area contributed by atoms with E-state index in [0.29, 0.717) is 0 Å². The fraction of sp³-hybridized carbons (Fsp3) is 0. The van der Waals surface area contributed by atoms with E-state index in [2.05, 4.69) is 0 Å². The van der Waals surface area contributed by atoms with E-state index in [-0.39, 0.29) is 11.0 Å². The quantitative estimate of drug-likeness (QED) is 0.493. The highest BCUT2D eigenvalue weighted by molar-refractivity contribution is 6.58. The van der Waals surface area contributed by atoms with Gasteiger partial charge in [0.05, 0.1) is 0 Å². The number of carbonyl (C=O) groups excluding carboxylic acids is 1. The number of nitrogens with two attached hydrogens (primary N) is 1. The first-order chi connectivity index (χ1) is 6.02. The van der Waals surface area contributed by atoms with Crippen molar-refractivity contribution in [2.24, 2.45) is 5.73 Å². The lowest BCUT2D eigenvalue weighted by atomic mass is 9.79. The summed E-state index contributed by atoms with van der Waals surface area (Å²) >= 11 is 0. The number of benzene rings is 1. The summed E-state index contributed by atoms with van der Waals surface area (Å²) in [6.07, 6.45) is 0. The molecule has 1 aromatic rings. The van der Waals surface area contributed by atoms with Gasteiger partial charge in [-0.25, -0.2) is 4.39 Å². The molecule has 1 amide bonds. The van der Waals surface area contributed by atoms with Crippen molar-refractivity contribution in [2.75, 3.05) is 0 Å². The fourth-order valence-corrected chi connectivity index (χ4v) is 0.895. The summed E-state index contributed by atoms with van der Waals surface area (Å²) in [4.78, 5) is 10.6. The summed E-state index contributed by atoms with van der Waals surface area (Å²) in [5.41, 5.74) is 4.58. The summed E-state index contributed by atoms with van der Waals surface area (Å²) < 4.78 is 12.8. The molecule has 0 bridgehead atoms. The van der Waals surface area contributed by atoms with Crippen LogP contribution in [0.25, 0.3) is 0 Å². The van der Waals surface area contributed by atoms with Crippen molar-refractivity contribution in [1.82, 2.24) is 0 Å². The maximum atomic E-state index is 12.8. The van der Waals surface area contributed by atoms with Crippen LogP contribution in [0.1, 0.15) is 10.4 Å². The third kappa shape index (κ3) is 2.04. The average molecular weight is 183 g/mol. The van der Waals surface area contributed by atoms with Crippen LogP contribution in [0.5, 0.6) is 0 Å². The zero-order chi connectivity index (χ0) is 10.0. The SMILES string of the molecule is NC(=O)c1ccc(F)c(B(O)O)c1. The molecule has 0 fully saturated rings. The Hall–Kier alpha value is -1.40. The Kier molecular flexibility index (Phi) is 2.65. The van der Waals surface area contributed by atoms with Crippen molar-refractivity contribution in [3.05, 3.63) is 29.6 Å². The van der Waals surface area contributed by atoms with E-state index >= 15 is 0 Å². The number of amides is 1. The maximum absolute atomic E-state index is 12.8. The normalized spacial score (nSPS) is 9.77. The van der Waals surface area contributed by atoms with Crippen LogP contribution in [0.4, 0.5) is 4.39 Å². The smallest absolute Gasteiger partial charge is 0.423 e. The Morgan fingerprint density at radius 3 is 2.54 bits per heavy atom. The van der Waals surface area contributed by atoms with Crippen LogP contribution >= 0.6 is 0 Å². The third-order valence-corrected chi connectivity index (χ3v) is 1.56. The van der Waals surface area contributed by atoms with Crippen LogP contribution in [-0.2, 0) is 0 Å². The molecule has 6 heteroatoms. The Morgan fingerprint density at radius 1 is 1.46 bits per heavy atom. The van der Waals surface area contributed by atoms with E-state index in [1.165, 1.54) is 6.07 Å². The molecule has 0 radical (unpaired) electrons. The number of rotatable bonds is 2. The van der Waals surface area contributed by atoms with Crippen molar-refractivity contribution in [2.45, 2.75) is 0 Å². The summed E-state index contributed by atoms with van der Waals surface area (Å²) in [5.74, 6) is -1.54.